The quantitative estimate of drug-likeness (QED) is 0.352. The molecule has 0 spiro atoms. The third-order valence-corrected chi connectivity index (χ3v) is 8.24. The summed E-state index contributed by atoms with van der Waals surface area (Å²) in [4.78, 5) is 14.4. The second-order valence-electron chi connectivity index (χ2n) is 12.1. The van der Waals surface area contributed by atoms with Crippen molar-refractivity contribution in [3.63, 3.8) is 0 Å². The number of aromatic nitrogens is 1. The maximum absolute atomic E-state index is 11.6. The third kappa shape index (κ3) is 9.01. The van der Waals surface area contributed by atoms with Gasteiger partial charge in [-0.1, -0.05) is 42.0 Å². The van der Waals surface area contributed by atoms with Gasteiger partial charge in [-0.3, -0.25) is 24.6 Å². The Kier molecular flexibility index (Phi) is 11.2. The topological polar surface area (TPSA) is 66.3 Å². The molecule has 4 rings (SSSR count). The number of aromatic hydroxyl groups is 2. The number of rotatable bonds is 10. The van der Waals surface area contributed by atoms with Gasteiger partial charge in [-0.2, -0.15) is 0 Å². The minimum Gasteiger partial charge on any atom is -0.508 e. The fourth-order valence-corrected chi connectivity index (χ4v) is 5.75. The summed E-state index contributed by atoms with van der Waals surface area (Å²) < 4.78 is 0. The normalized spacial score (nSPS) is 16.3. The van der Waals surface area contributed by atoms with E-state index in [0.29, 0.717) is 37.5 Å². The molecule has 3 aromatic rings. The lowest BCUT2D eigenvalue weighted by molar-refractivity contribution is 0.169. The molecule has 7 nitrogen and oxygen atoms in total. The van der Waals surface area contributed by atoms with Crippen LogP contribution in [0.5, 0.6) is 11.5 Å². The first-order valence-electron chi connectivity index (χ1n) is 15.1. The summed E-state index contributed by atoms with van der Waals surface area (Å²) in [5.41, 5.74) is 4.84. The van der Waals surface area contributed by atoms with E-state index in [1.54, 1.807) is 6.07 Å². The van der Waals surface area contributed by atoms with E-state index in [1.165, 1.54) is 0 Å². The molecule has 0 radical (unpaired) electrons. The summed E-state index contributed by atoms with van der Waals surface area (Å²) in [5, 5.41) is 22.1. The Morgan fingerprint density at radius 1 is 0.732 bits per heavy atom. The number of pyridine rings is 1. The Morgan fingerprint density at radius 2 is 1.32 bits per heavy atom. The van der Waals surface area contributed by atoms with Crippen LogP contribution in [-0.4, -0.2) is 86.1 Å². The van der Waals surface area contributed by atoms with Crippen LogP contribution in [0, 0.1) is 6.92 Å². The number of phenolic OH excluding ortho intramolecular Hbond substituents is 2. The van der Waals surface area contributed by atoms with Crippen LogP contribution >= 0.6 is 0 Å². The molecule has 0 saturated carbocycles. The highest BCUT2D eigenvalue weighted by molar-refractivity contribution is 5.43. The summed E-state index contributed by atoms with van der Waals surface area (Å²) in [5.74, 6) is 0.659. The molecule has 0 amide bonds. The number of aryl methyl sites for hydroxylation is 1. The van der Waals surface area contributed by atoms with Crippen LogP contribution in [-0.2, 0) is 26.2 Å². The average molecular weight is 560 g/mol. The molecule has 0 atom stereocenters. The standard InChI is InChI=1S/C34H49N5O2/c1-26(2)38-16-14-36(15-17-39(19-18-38)27(3)4)23-30-20-28(5)21-31(34(30)41)24-37(25-32-11-8-9-13-35-32)22-29-10-6-7-12-33(29)40/h6-13,20-21,26-27,40-41H,14-19,22-25H2,1-5H3. The van der Waals surface area contributed by atoms with Gasteiger partial charge in [0.15, 0.2) is 0 Å². The number of para-hydroxylation sites is 1. The summed E-state index contributed by atoms with van der Waals surface area (Å²) >= 11 is 0. The van der Waals surface area contributed by atoms with Gasteiger partial charge < -0.3 is 10.2 Å². The summed E-state index contributed by atoms with van der Waals surface area (Å²) in [6.07, 6.45) is 1.81. The van der Waals surface area contributed by atoms with Crippen molar-refractivity contribution in [3.8, 4) is 11.5 Å². The zero-order valence-corrected chi connectivity index (χ0v) is 25.6. The Balaban J connectivity index is 1.56. The molecule has 7 heteroatoms. The van der Waals surface area contributed by atoms with E-state index in [9.17, 15) is 10.2 Å². The lowest BCUT2D eigenvalue weighted by Crippen LogP contribution is -2.41. The monoisotopic (exact) mass is 559 g/mol. The van der Waals surface area contributed by atoms with Crippen molar-refractivity contribution in [1.82, 2.24) is 24.6 Å². The molecule has 41 heavy (non-hydrogen) atoms. The van der Waals surface area contributed by atoms with Gasteiger partial charge in [0, 0.05) is 100 Å². The van der Waals surface area contributed by atoms with Gasteiger partial charge in [-0.05, 0) is 52.8 Å². The Labute approximate surface area is 247 Å². The van der Waals surface area contributed by atoms with Gasteiger partial charge in [0.1, 0.15) is 11.5 Å². The van der Waals surface area contributed by atoms with E-state index < -0.39 is 0 Å². The lowest BCUT2D eigenvalue weighted by atomic mass is 10.0. The average Bonchev–Trinajstić information content (AvgIpc) is 3.04. The molecule has 1 aliphatic heterocycles. The minimum atomic E-state index is 0.284. The molecule has 1 aliphatic rings. The molecule has 2 heterocycles. The van der Waals surface area contributed by atoms with Crippen molar-refractivity contribution in [2.45, 2.75) is 72.9 Å². The van der Waals surface area contributed by atoms with Crippen LogP contribution in [0.2, 0.25) is 0 Å². The van der Waals surface area contributed by atoms with Crippen molar-refractivity contribution < 1.29 is 10.2 Å². The van der Waals surface area contributed by atoms with Gasteiger partial charge in [-0.25, -0.2) is 0 Å². The number of hydrogen-bond donors (Lipinski definition) is 2. The van der Waals surface area contributed by atoms with E-state index in [0.717, 1.165) is 73.8 Å². The van der Waals surface area contributed by atoms with Crippen molar-refractivity contribution in [2.75, 3.05) is 39.3 Å². The largest absolute Gasteiger partial charge is 0.508 e. The smallest absolute Gasteiger partial charge is 0.124 e. The first kappa shape index (κ1) is 31.0. The van der Waals surface area contributed by atoms with E-state index in [2.05, 4.69) is 71.3 Å². The van der Waals surface area contributed by atoms with Crippen molar-refractivity contribution in [3.05, 3.63) is 88.7 Å². The maximum atomic E-state index is 11.6. The van der Waals surface area contributed by atoms with Crippen LogP contribution in [0.4, 0.5) is 0 Å². The van der Waals surface area contributed by atoms with E-state index >= 15 is 0 Å². The number of nitrogens with zero attached hydrogens (tertiary/aromatic N) is 5. The zero-order chi connectivity index (χ0) is 29.4. The Hall–Kier alpha value is -2.97. The van der Waals surface area contributed by atoms with Crippen LogP contribution in [0.1, 0.15) is 55.6 Å². The Morgan fingerprint density at radius 3 is 1.93 bits per heavy atom. The number of phenols is 2. The molecular formula is C34H49N5O2. The number of benzene rings is 2. The lowest BCUT2D eigenvalue weighted by Gasteiger charge is -2.30. The highest BCUT2D eigenvalue weighted by Gasteiger charge is 2.22. The molecular weight excluding hydrogens is 510 g/mol. The van der Waals surface area contributed by atoms with Gasteiger partial charge in [0.25, 0.3) is 0 Å². The minimum absolute atomic E-state index is 0.284. The molecule has 222 valence electrons. The zero-order valence-electron chi connectivity index (χ0n) is 25.6. The highest BCUT2D eigenvalue weighted by atomic mass is 16.3. The first-order valence-corrected chi connectivity index (χ1v) is 15.1. The van der Waals surface area contributed by atoms with Crippen LogP contribution in [0.15, 0.2) is 60.8 Å². The van der Waals surface area contributed by atoms with Crippen LogP contribution in [0.3, 0.4) is 0 Å². The Bertz CT molecular complexity index is 1210. The van der Waals surface area contributed by atoms with Crippen molar-refractivity contribution in [2.24, 2.45) is 0 Å². The molecule has 0 aliphatic carbocycles. The van der Waals surface area contributed by atoms with E-state index in [-0.39, 0.29) is 5.75 Å². The van der Waals surface area contributed by atoms with Gasteiger partial charge >= 0.3 is 0 Å². The molecule has 1 fully saturated rings. The van der Waals surface area contributed by atoms with E-state index in [1.807, 2.05) is 42.6 Å². The summed E-state index contributed by atoms with van der Waals surface area (Å²) in [6.45, 7) is 19.9. The van der Waals surface area contributed by atoms with E-state index in [4.69, 9.17) is 0 Å². The SMILES string of the molecule is Cc1cc(CN2CCN(C(C)C)CCN(C(C)C)CC2)c(O)c(CN(Cc2ccccn2)Cc2ccccc2O)c1. The third-order valence-electron chi connectivity index (χ3n) is 8.24. The summed E-state index contributed by atoms with van der Waals surface area (Å²) in [7, 11) is 0. The fourth-order valence-electron chi connectivity index (χ4n) is 5.75. The molecule has 1 saturated heterocycles. The van der Waals surface area contributed by atoms with Crippen LogP contribution < -0.4 is 0 Å². The second kappa shape index (κ2) is 14.8. The predicted molar refractivity (Wildman–Crippen MR) is 167 cm³/mol. The van der Waals surface area contributed by atoms with Gasteiger partial charge in [-0.15, -0.1) is 0 Å². The molecule has 1 aromatic heterocycles. The first-order chi connectivity index (χ1) is 19.7. The highest BCUT2D eigenvalue weighted by Crippen LogP contribution is 2.29. The number of hydrogen-bond acceptors (Lipinski definition) is 7. The fraction of sp³-hybridized carbons (Fsp3) is 0.500. The maximum Gasteiger partial charge on any atom is 0.124 e. The van der Waals surface area contributed by atoms with Crippen molar-refractivity contribution >= 4 is 0 Å². The second-order valence-corrected chi connectivity index (χ2v) is 12.1. The molecule has 0 bridgehead atoms. The molecule has 2 aromatic carbocycles. The van der Waals surface area contributed by atoms with Gasteiger partial charge in [0.2, 0.25) is 0 Å². The van der Waals surface area contributed by atoms with Crippen molar-refractivity contribution in [1.29, 1.82) is 0 Å². The predicted octanol–water partition coefficient (Wildman–Crippen LogP) is 5.24. The summed E-state index contributed by atoms with van der Waals surface area (Å²) in [6, 6.07) is 18.7. The molecule has 0 unspecified atom stereocenters. The van der Waals surface area contributed by atoms with Crippen LogP contribution in [0.25, 0.3) is 0 Å². The molecule has 2 N–H and O–H groups in total. The van der Waals surface area contributed by atoms with Gasteiger partial charge in [0.05, 0.1) is 5.69 Å².